The lowest BCUT2D eigenvalue weighted by Crippen LogP contribution is -2.22. The third-order valence-corrected chi connectivity index (χ3v) is 4.09. The summed E-state index contributed by atoms with van der Waals surface area (Å²) in [6.07, 6.45) is 0. The smallest absolute Gasteiger partial charge is 0.372 e. The Kier molecular flexibility index (Phi) is 6.06. The molecule has 1 aromatic heterocycles. The van der Waals surface area contributed by atoms with Crippen LogP contribution in [0.5, 0.6) is 0 Å². The fourth-order valence-electron chi connectivity index (χ4n) is 2.69. The Hall–Kier alpha value is -3.50. The average Bonchev–Trinajstić information content (AvgIpc) is 2.94. The normalized spacial score (nSPS) is 10.5. The fraction of sp³-hybridized carbons (Fsp3) is 0.375. The zero-order valence-electron chi connectivity index (χ0n) is 15.2. The molecule has 0 saturated heterocycles. The maximum atomic E-state index is 12.2. The van der Waals surface area contributed by atoms with Crippen LogP contribution in [0.3, 0.4) is 0 Å². The molecule has 0 fully saturated rings. The topological polar surface area (TPSA) is 136 Å². The number of hydrogen-bond acceptors (Lipinski definition) is 7. The lowest BCUT2D eigenvalue weighted by atomic mass is 10.2. The molecule has 27 heavy (non-hydrogen) atoms. The number of nitrogens with zero attached hydrogens (tertiary/aromatic N) is 5. The van der Waals surface area contributed by atoms with Crippen LogP contribution in [0, 0.1) is 27.2 Å². The van der Waals surface area contributed by atoms with Gasteiger partial charge in [-0.05, 0) is 50.0 Å². The minimum absolute atomic E-state index is 0.0567. The summed E-state index contributed by atoms with van der Waals surface area (Å²) in [6, 6.07) is 7.23. The highest BCUT2D eigenvalue weighted by molar-refractivity contribution is 5.90. The Morgan fingerprint density at radius 1 is 1.15 bits per heavy atom. The predicted octanol–water partition coefficient (Wildman–Crippen LogP) is 2.49. The molecule has 0 bridgehead atoms. The Balaban J connectivity index is 2.13. The van der Waals surface area contributed by atoms with Gasteiger partial charge in [-0.2, -0.15) is 4.68 Å². The third-order valence-electron chi connectivity index (χ3n) is 4.09. The summed E-state index contributed by atoms with van der Waals surface area (Å²) in [4.78, 5) is 34.5. The first-order valence-electron chi connectivity index (χ1n) is 8.29. The van der Waals surface area contributed by atoms with Crippen LogP contribution in [0.25, 0.3) is 0 Å². The van der Waals surface area contributed by atoms with Crippen LogP contribution in [0.1, 0.15) is 19.5 Å². The Bertz CT molecular complexity index is 857. The number of nitrogens with one attached hydrogen (secondary N) is 1. The molecule has 1 aromatic carbocycles. The number of aromatic nitrogens is 2. The molecule has 0 spiro atoms. The van der Waals surface area contributed by atoms with Crippen molar-refractivity contribution in [3.63, 3.8) is 0 Å². The number of rotatable bonds is 8. The fourth-order valence-corrected chi connectivity index (χ4v) is 2.69. The highest BCUT2D eigenvalue weighted by atomic mass is 16.6. The van der Waals surface area contributed by atoms with Crippen LogP contribution in [0.4, 0.5) is 22.9 Å². The maximum Gasteiger partial charge on any atom is 0.468 e. The van der Waals surface area contributed by atoms with E-state index in [1.54, 1.807) is 12.1 Å². The molecule has 0 atom stereocenters. The van der Waals surface area contributed by atoms with Crippen molar-refractivity contribution in [3.05, 3.63) is 50.2 Å². The molecule has 1 heterocycles. The first kappa shape index (κ1) is 19.8. The molecule has 2 rings (SSSR count). The second kappa shape index (κ2) is 8.25. The standard InChI is InChI=1S/C16H20N6O5/c1-4-19(5-2)13-8-6-12(7-9-13)17-14(23)10-20-11(3)15(21(24)25)16(18-20)22(26)27/h6-9H,4-5,10H2,1-3H3,(H,17,23). The first-order valence-corrected chi connectivity index (χ1v) is 8.29. The summed E-state index contributed by atoms with van der Waals surface area (Å²) in [7, 11) is 0. The van der Waals surface area contributed by atoms with Gasteiger partial charge in [-0.3, -0.25) is 14.9 Å². The van der Waals surface area contributed by atoms with Gasteiger partial charge in [0.25, 0.3) is 0 Å². The van der Waals surface area contributed by atoms with E-state index in [0.717, 1.165) is 23.5 Å². The number of anilines is 2. The van der Waals surface area contributed by atoms with Crippen molar-refractivity contribution in [3.8, 4) is 0 Å². The highest BCUT2D eigenvalue weighted by Gasteiger charge is 2.35. The molecule has 0 unspecified atom stereocenters. The minimum atomic E-state index is -0.939. The van der Waals surface area contributed by atoms with Crippen molar-refractivity contribution in [1.82, 2.24) is 9.78 Å². The first-order chi connectivity index (χ1) is 12.8. The monoisotopic (exact) mass is 376 g/mol. The van der Waals surface area contributed by atoms with Crippen molar-refractivity contribution < 1.29 is 14.6 Å². The van der Waals surface area contributed by atoms with E-state index in [2.05, 4.69) is 15.3 Å². The molecule has 0 radical (unpaired) electrons. The van der Waals surface area contributed by atoms with Crippen molar-refractivity contribution in [2.45, 2.75) is 27.3 Å². The lowest BCUT2D eigenvalue weighted by Gasteiger charge is -2.21. The summed E-state index contributed by atoms with van der Waals surface area (Å²) in [5.74, 6) is -1.38. The van der Waals surface area contributed by atoms with Gasteiger partial charge in [0.05, 0.1) is 10.0 Å². The van der Waals surface area contributed by atoms with Crippen molar-refractivity contribution in [2.75, 3.05) is 23.3 Å². The largest absolute Gasteiger partial charge is 0.468 e. The average molecular weight is 376 g/mol. The van der Waals surface area contributed by atoms with Gasteiger partial charge < -0.3 is 20.3 Å². The predicted molar refractivity (Wildman–Crippen MR) is 98.9 cm³/mol. The quantitative estimate of drug-likeness (QED) is 0.552. The molecule has 0 aliphatic carbocycles. The van der Waals surface area contributed by atoms with E-state index < -0.39 is 27.3 Å². The Morgan fingerprint density at radius 3 is 2.19 bits per heavy atom. The van der Waals surface area contributed by atoms with E-state index in [-0.39, 0.29) is 12.2 Å². The number of nitro groups is 2. The molecule has 1 amide bonds. The van der Waals surface area contributed by atoms with Crippen LogP contribution in [-0.2, 0) is 11.3 Å². The Morgan fingerprint density at radius 2 is 1.74 bits per heavy atom. The van der Waals surface area contributed by atoms with Crippen LogP contribution < -0.4 is 10.2 Å². The second-order valence-corrected chi connectivity index (χ2v) is 5.70. The van der Waals surface area contributed by atoms with Gasteiger partial charge in [0.15, 0.2) is 0 Å². The van der Waals surface area contributed by atoms with Gasteiger partial charge in [0.2, 0.25) is 5.91 Å². The van der Waals surface area contributed by atoms with E-state index in [9.17, 15) is 25.0 Å². The Labute approximate surface area is 154 Å². The zero-order valence-corrected chi connectivity index (χ0v) is 15.2. The number of carbonyl (C=O) groups is 1. The van der Waals surface area contributed by atoms with Crippen LogP contribution in [0.15, 0.2) is 24.3 Å². The van der Waals surface area contributed by atoms with Crippen LogP contribution in [0.2, 0.25) is 0 Å². The summed E-state index contributed by atoms with van der Waals surface area (Å²) in [5.41, 5.74) is 0.798. The molecule has 0 saturated carbocycles. The van der Waals surface area contributed by atoms with Gasteiger partial charge in [-0.15, -0.1) is 0 Å². The number of amides is 1. The van der Waals surface area contributed by atoms with Crippen molar-refractivity contribution in [2.24, 2.45) is 0 Å². The number of benzene rings is 1. The molecule has 11 heteroatoms. The van der Waals surface area contributed by atoms with Gasteiger partial charge >= 0.3 is 11.5 Å². The minimum Gasteiger partial charge on any atom is -0.372 e. The molecular weight excluding hydrogens is 356 g/mol. The molecule has 2 aromatic rings. The number of carbonyl (C=O) groups excluding carboxylic acids is 1. The summed E-state index contributed by atoms with van der Waals surface area (Å²) in [5, 5.41) is 28.2. The summed E-state index contributed by atoms with van der Waals surface area (Å²) >= 11 is 0. The van der Waals surface area contributed by atoms with Crippen LogP contribution >= 0.6 is 0 Å². The van der Waals surface area contributed by atoms with Gasteiger partial charge in [0, 0.05) is 24.5 Å². The number of hydrogen-bond donors (Lipinski definition) is 1. The lowest BCUT2D eigenvalue weighted by molar-refractivity contribution is -0.424. The van der Waals surface area contributed by atoms with E-state index in [4.69, 9.17) is 0 Å². The molecule has 0 aliphatic heterocycles. The zero-order chi connectivity index (χ0) is 20.1. The summed E-state index contributed by atoms with van der Waals surface area (Å²) < 4.78 is 0.954. The van der Waals surface area contributed by atoms with Gasteiger partial charge in [0.1, 0.15) is 12.2 Å². The second-order valence-electron chi connectivity index (χ2n) is 5.70. The summed E-state index contributed by atoms with van der Waals surface area (Å²) in [6.45, 7) is 6.74. The highest BCUT2D eigenvalue weighted by Crippen LogP contribution is 2.29. The molecule has 11 nitrogen and oxygen atoms in total. The van der Waals surface area contributed by atoms with Gasteiger partial charge in [-0.25, -0.2) is 0 Å². The van der Waals surface area contributed by atoms with Crippen LogP contribution in [-0.4, -0.2) is 38.6 Å². The van der Waals surface area contributed by atoms with Crippen molar-refractivity contribution in [1.29, 1.82) is 0 Å². The van der Waals surface area contributed by atoms with E-state index in [1.165, 1.54) is 6.92 Å². The SMILES string of the molecule is CCN(CC)c1ccc(NC(=O)Cn2nc([N+](=O)[O-])c([N+](=O)[O-])c2C)cc1. The molecule has 0 aliphatic rings. The van der Waals surface area contributed by atoms with E-state index >= 15 is 0 Å². The molecular formula is C16H20N6O5. The van der Waals surface area contributed by atoms with E-state index in [0.29, 0.717) is 5.69 Å². The molecule has 144 valence electrons. The van der Waals surface area contributed by atoms with E-state index in [1.807, 2.05) is 26.0 Å². The molecule has 1 N–H and O–H groups in total. The third kappa shape index (κ3) is 4.37. The van der Waals surface area contributed by atoms with Crippen molar-refractivity contribution >= 4 is 28.8 Å². The maximum absolute atomic E-state index is 12.2. The van der Waals surface area contributed by atoms with Gasteiger partial charge in [-0.1, -0.05) is 0 Å².